The van der Waals surface area contributed by atoms with Gasteiger partial charge in [0.25, 0.3) is 0 Å². The average molecular weight is 403 g/mol. The number of rotatable bonds is 2. The Balaban J connectivity index is 0.000000128. The Morgan fingerprint density at radius 1 is 0.633 bits per heavy atom. The van der Waals surface area contributed by atoms with Crippen LogP contribution >= 0.6 is 0 Å². The van der Waals surface area contributed by atoms with Crippen molar-refractivity contribution >= 4 is 21.8 Å². The predicted octanol–water partition coefficient (Wildman–Crippen LogP) is 7.25. The predicted molar refractivity (Wildman–Crippen MR) is 129 cm³/mol. The van der Waals surface area contributed by atoms with E-state index < -0.39 is 0 Å². The molecule has 0 bridgehead atoms. The third-order valence-corrected chi connectivity index (χ3v) is 8.33. The molecule has 2 heteroatoms. The lowest BCUT2D eigenvalue weighted by molar-refractivity contribution is 0.147. The van der Waals surface area contributed by atoms with Crippen LogP contribution in [0.25, 0.3) is 21.8 Å². The van der Waals surface area contributed by atoms with E-state index in [4.69, 9.17) is 0 Å². The third kappa shape index (κ3) is 3.38. The normalized spacial score (nSPS) is 28.7. The van der Waals surface area contributed by atoms with Gasteiger partial charge in [0.15, 0.2) is 0 Å². The first-order chi connectivity index (χ1) is 14.8. The fraction of sp³-hybridized carbons (Fsp3) is 0.571. The van der Waals surface area contributed by atoms with Crippen molar-refractivity contribution in [1.29, 1.82) is 0 Å². The first-order valence-electron chi connectivity index (χ1n) is 12.5. The largest absolute Gasteiger partial charge is 0.341 e. The molecule has 2 aromatic carbocycles. The Hall–Kier alpha value is -1.80. The smallest absolute Gasteiger partial charge is 0.0491 e. The van der Waals surface area contributed by atoms with Crippen LogP contribution in [0, 0.1) is 11.8 Å². The molecule has 2 heterocycles. The van der Waals surface area contributed by atoms with E-state index in [0.29, 0.717) is 0 Å². The number of aromatic nitrogens is 1. The first-order valence-corrected chi connectivity index (χ1v) is 12.5. The molecule has 3 aromatic rings. The van der Waals surface area contributed by atoms with Gasteiger partial charge in [-0.15, -0.1) is 0 Å². The maximum atomic E-state index is 2.88. The van der Waals surface area contributed by atoms with E-state index in [1.807, 2.05) is 0 Å². The van der Waals surface area contributed by atoms with Crippen LogP contribution in [0.4, 0.5) is 0 Å². The van der Waals surface area contributed by atoms with Crippen LogP contribution in [0.3, 0.4) is 0 Å². The number of hydrogen-bond acceptors (Lipinski definition) is 1. The van der Waals surface area contributed by atoms with Crippen molar-refractivity contribution in [2.45, 2.75) is 83.8 Å². The van der Waals surface area contributed by atoms with Crippen LogP contribution in [-0.2, 0) is 6.54 Å². The van der Waals surface area contributed by atoms with Crippen molar-refractivity contribution in [2.75, 3.05) is 6.54 Å². The van der Waals surface area contributed by atoms with Gasteiger partial charge in [0.05, 0.1) is 0 Å². The molecule has 160 valence electrons. The van der Waals surface area contributed by atoms with Gasteiger partial charge in [-0.3, -0.25) is 4.90 Å². The minimum Gasteiger partial charge on any atom is -0.341 e. The minimum absolute atomic E-state index is 0.983. The average Bonchev–Trinajstić information content (AvgIpc) is 3.32. The Morgan fingerprint density at radius 3 is 1.57 bits per heavy atom. The monoisotopic (exact) mass is 402 g/mol. The van der Waals surface area contributed by atoms with Crippen molar-refractivity contribution in [3.05, 3.63) is 48.5 Å². The van der Waals surface area contributed by atoms with Crippen LogP contribution in [0.5, 0.6) is 0 Å². The summed E-state index contributed by atoms with van der Waals surface area (Å²) >= 11 is 0. The van der Waals surface area contributed by atoms with Crippen molar-refractivity contribution in [3.8, 4) is 0 Å². The Kier molecular flexibility index (Phi) is 5.87. The number of aryl methyl sites for hydroxylation is 1. The SMILES string of the molecule is CCN1C2CCCCC2C2CCCCC21.CCn1c2ccccc2c2ccccc21. The zero-order valence-corrected chi connectivity index (χ0v) is 18.9. The number of para-hydroxylation sites is 2. The topological polar surface area (TPSA) is 8.17 Å². The zero-order valence-electron chi connectivity index (χ0n) is 18.9. The molecular weight excluding hydrogens is 364 g/mol. The second-order valence-electron chi connectivity index (χ2n) is 9.64. The second-order valence-corrected chi connectivity index (χ2v) is 9.64. The van der Waals surface area contributed by atoms with Crippen LogP contribution in [-0.4, -0.2) is 28.1 Å². The van der Waals surface area contributed by atoms with E-state index in [1.165, 1.54) is 66.9 Å². The van der Waals surface area contributed by atoms with Crippen molar-refractivity contribution in [3.63, 3.8) is 0 Å². The molecule has 0 N–H and O–H groups in total. The Morgan fingerprint density at radius 2 is 1.10 bits per heavy atom. The highest BCUT2D eigenvalue weighted by Crippen LogP contribution is 2.48. The third-order valence-electron chi connectivity index (χ3n) is 8.33. The second kappa shape index (κ2) is 8.75. The highest BCUT2D eigenvalue weighted by Gasteiger charge is 2.48. The molecule has 6 rings (SSSR count). The van der Waals surface area contributed by atoms with Gasteiger partial charge < -0.3 is 4.57 Å². The number of fused-ring (bicyclic) bond motifs is 6. The fourth-order valence-corrected chi connectivity index (χ4v) is 7.16. The van der Waals surface area contributed by atoms with Crippen molar-refractivity contribution in [2.24, 2.45) is 11.8 Å². The molecule has 2 saturated carbocycles. The van der Waals surface area contributed by atoms with E-state index in [2.05, 4.69) is 71.8 Å². The van der Waals surface area contributed by atoms with E-state index in [9.17, 15) is 0 Å². The molecule has 1 aliphatic heterocycles. The lowest BCUT2D eigenvalue weighted by Gasteiger charge is -2.33. The van der Waals surface area contributed by atoms with Crippen LogP contribution in [0.1, 0.15) is 65.2 Å². The van der Waals surface area contributed by atoms with E-state index >= 15 is 0 Å². The van der Waals surface area contributed by atoms with Gasteiger partial charge in [-0.05, 0) is 63.1 Å². The highest BCUT2D eigenvalue weighted by atomic mass is 15.2. The lowest BCUT2D eigenvalue weighted by atomic mass is 9.73. The summed E-state index contributed by atoms with van der Waals surface area (Å²) in [6.45, 7) is 6.90. The summed E-state index contributed by atoms with van der Waals surface area (Å²) < 4.78 is 2.37. The fourth-order valence-electron chi connectivity index (χ4n) is 7.16. The number of hydrogen-bond donors (Lipinski definition) is 0. The minimum atomic E-state index is 0.983. The quantitative estimate of drug-likeness (QED) is 0.438. The van der Waals surface area contributed by atoms with Crippen LogP contribution in [0.15, 0.2) is 48.5 Å². The summed E-state index contributed by atoms with van der Waals surface area (Å²) in [7, 11) is 0. The highest BCUT2D eigenvalue weighted by molar-refractivity contribution is 6.07. The van der Waals surface area contributed by atoms with Crippen LogP contribution in [0.2, 0.25) is 0 Å². The van der Waals surface area contributed by atoms with Gasteiger partial charge >= 0.3 is 0 Å². The maximum absolute atomic E-state index is 2.88. The molecule has 4 atom stereocenters. The molecule has 1 aromatic heterocycles. The zero-order chi connectivity index (χ0) is 20.5. The lowest BCUT2D eigenvalue weighted by Crippen LogP contribution is -2.39. The Bertz CT molecular complexity index is 880. The van der Waals surface area contributed by atoms with Gasteiger partial charge in [0.2, 0.25) is 0 Å². The van der Waals surface area contributed by atoms with Gasteiger partial charge in [-0.25, -0.2) is 0 Å². The molecule has 2 nitrogen and oxygen atoms in total. The molecular formula is C28H38N2. The van der Waals surface area contributed by atoms with Gasteiger partial charge in [0.1, 0.15) is 0 Å². The first kappa shape index (κ1) is 20.1. The summed E-state index contributed by atoms with van der Waals surface area (Å²) in [5.74, 6) is 2.17. The van der Waals surface area contributed by atoms with Gasteiger partial charge in [-0.1, -0.05) is 69.0 Å². The summed E-state index contributed by atoms with van der Waals surface area (Å²) in [5, 5.41) is 2.71. The summed E-state index contributed by atoms with van der Waals surface area (Å²) in [4.78, 5) is 2.88. The number of benzene rings is 2. The van der Waals surface area contributed by atoms with Gasteiger partial charge in [0, 0.05) is 40.4 Å². The van der Waals surface area contributed by atoms with E-state index in [-0.39, 0.29) is 0 Å². The molecule has 2 aliphatic carbocycles. The van der Waals surface area contributed by atoms with E-state index in [1.54, 1.807) is 12.8 Å². The van der Waals surface area contributed by atoms with Gasteiger partial charge in [-0.2, -0.15) is 0 Å². The number of nitrogens with zero attached hydrogens (tertiary/aromatic N) is 2. The standard InChI is InChI=1S/C14H25N.C14H13N/c2*1-2-15-13-9-5-3-7-11(13)12-8-4-6-10-14(12)15/h11-14H,2-10H2,1H3;3-10H,2H2,1H3. The molecule has 0 radical (unpaired) electrons. The molecule has 0 spiro atoms. The van der Waals surface area contributed by atoms with Crippen molar-refractivity contribution in [1.82, 2.24) is 9.47 Å². The molecule has 4 unspecified atom stereocenters. The Labute approximate surface area is 182 Å². The molecule has 3 fully saturated rings. The summed E-state index contributed by atoms with van der Waals surface area (Å²) in [6.07, 6.45) is 12.1. The molecule has 3 aliphatic rings. The van der Waals surface area contributed by atoms with Crippen LogP contribution < -0.4 is 0 Å². The molecule has 30 heavy (non-hydrogen) atoms. The maximum Gasteiger partial charge on any atom is 0.0491 e. The van der Waals surface area contributed by atoms with Crippen molar-refractivity contribution < 1.29 is 0 Å². The van der Waals surface area contributed by atoms with E-state index in [0.717, 1.165) is 30.5 Å². The molecule has 1 saturated heterocycles. The summed E-state index contributed by atoms with van der Waals surface area (Å²) in [6, 6.07) is 19.2. The number of likely N-dealkylation sites (tertiary alicyclic amines) is 1. The molecule has 0 amide bonds. The summed E-state index contributed by atoms with van der Waals surface area (Å²) in [5.41, 5.74) is 2.67.